The van der Waals surface area contributed by atoms with E-state index in [4.69, 9.17) is 0 Å². The van der Waals surface area contributed by atoms with Crippen LogP contribution in [0.4, 0.5) is 0 Å². The number of likely N-dealkylation sites (tertiary alicyclic amines) is 1. The van der Waals surface area contributed by atoms with Crippen molar-refractivity contribution in [3.63, 3.8) is 0 Å². The topological polar surface area (TPSA) is 44.4 Å². The molecule has 110 valence electrons. The molecule has 0 aromatic heterocycles. The Morgan fingerprint density at radius 1 is 1.37 bits per heavy atom. The van der Waals surface area contributed by atoms with Crippen LogP contribution in [-0.2, 0) is 4.79 Å². The Bertz CT molecular complexity index is 277. The van der Waals surface area contributed by atoms with Crippen molar-refractivity contribution in [2.75, 3.05) is 32.7 Å². The van der Waals surface area contributed by atoms with E-state index in [1.54, 1.807) is 0 Å². The Morgan fingerprint density at radius 3 is 3.00 bits per heavy atom. The second-order valence-electron chi connectivity index (χ2n) is 5.98. The van der Waals surface area contributed by atoms with Crippen molar-refractivity contribution < 1.29 is 4.79 Å². The largest absolute Gasteiger partial charge is 0.355 e. The molecule has 0 aliphatic carbocycles. The SMILES string of the molecule is CCN1CCCCC1CNC(=O)CCC1CCNC1. The Balaban J connectivity index is 1.61. The van der Waals surface area contributed by atoms with Crippen LogP contribution in [0, 0.1) is 5.92 Å². The van der Waals surface area contributed by atoms with Crippen molar-refractivity contribution in [3.8, 4) is 0 Å². The van der Waals surface area contributed by atoms with E-state index in [0.717, 1.165) is 32.6 Å². The molecule has 19 heavy (non-hydrogen) atoms. The van der Waals surface area contributed by atoms with Gasteiger partial charge >= 0.3 is 0 Å². The zero-order valence-electron chi connectivity index (χ0n) is 12.3. The Kier molecular flexibility index (Phi) is 6.11. The average Bonchev–Trinajstić information content (AvgIpc) is 2.96. The molecule has 2 heterocycles. The Morgan fingerprint density at radius 2 is 2.26 bits per heavy atom. The standard InChI is InChI=1S/C15H29N3O/c1-2-18-10-4-3-5-14(18)12-17-15(19)7-6-13-8-9-16-11-13/h13-14,16H,2-12H2,1H3,(H,17,19). The van der Waals surface area contributed by atoms with Gasteiger partial charge in [0.2, 0.25) is 5.91 Å². The maximum atomic E-state index is 11.9. The van der Waals surface area contributed by atoms with Crippen LogP contribution < -0.4 is 10.6 Å². The third-order valence-corrected chi connectivity index (χ3v) is 4.63. The van der Waals surface area contributed by atoms with Crippen LogP contribution in [-0.4, -0.2) is 49.6 Å². The molecule has 2 aliphatic heterocycles. The van der Waals surface area contributed by atoms with Crippen molar-refractivity contribution >= 4 is 5.91 Å². The van der Waals surface area contributed by atoms with Crippen LogP contribution in [0.2, 0.25) is 0 Å². The van der Waals surface area contributed by atoms with Gasteiger partial charge in [0.1, 0.15) is 0 Å². The number of carbonyl (C=O) groups is 1. The number of hydrogen-bond donors (Lipinski definition) is 2. The average molecular weight is 267 g/mol. The predicted molar refractivity (Wildman–Crippen MR) is 78.1 cm³/mol. The molecule has 0 aromatic rings. The van der Waals surface area contributed by atoms with E-state index >= 15 is 0 Å². The van der Waals surface area contributed by atoms with Gasteiger partial charge in [-0.15, -0.1) is 0 Å². The van der Waals surface area contributed by atoms with Crippen LogP contribution in [0.3, 0.4) is 0 Å². The molecule has 2 N–H and O–H groups in total. The second-order valence-corrected chi connectivity index (χ2v) is 5.98. The first kappa shape index (κ1) is 14.8. The number of carbonyl (C=O) groups excluding carboxylic acids is 1. The zero-order valence-corrected chi connectivity index (χ0v) is 12.3. The fraction of sp³-hybridized carbons (Fsp3) is 0.933. The molecule has 0 saturated carbocycles. The van der Waals surface area contributed by atoms with E-state index in [2.05, 4.69) is 22.5 Å². The molecule has 0 aromatic carbocycles. The maximum absolute atomic E-state index is 11.9. The lowest BCUT2D eigenvalue weighted by atomic mass is 10.0. The number of nitrogens with one attached hydrogen (secondary N) is 2. The van der Waals surface area contributed by atoms with Gasteiger partial charge < -0.3 is 10.6 Å². The molecule has 1 amide bonds. The van der Waals surface area contributed by atoms with Crippen molar-refractivity contribution in [3.05, 3.63) is 0 Å². The minimum absolute atomic E-state index is 0.244. The summed E-state index contributed by atoms with van der Waals surface area (Å²) in [5.74, 6) is 0.959. The summed E-state index contributed by atoms with van der Waals surface area (Å²) < 4.78 is 0. The van der Waals surface area contributed by atoms with Crippen molar-refractivity contribution in [2.45, 2.75) is 51.5 Å². The number of rotatable bonds is 6. The highest BCUT2D eigenvalue weighted by molar-refractivity contribution is 5.75. The number of hydrogen-bond acceptors (Lipinski definition) is 3. The summed E-state index contributed by atoms with van der Waals surface area (Å²) in [6, 6.07) is 0.566. The first-order valence-electron chi connectivity index (χ1n) is 8.01. The quantitative estimate of drug-likeness (QED) is 0.764. The Labute approximate surface area is 117 Å². The number of nitrogens with zero attached hydrogens (tertiary/aromatic N) is 1. The zero-order chi connectivity index (χ0) is 13.5. The molecule has 0 bridgehead atoms. The summed E-state index contributed by atoms with van der Waals surface area (Å²) in [4.78, 5) is 14.4. The lowest BCUT2D eigenvalue weighted by Gasteiger charge is -2.34. The number of piperidine rings is 1. The summed E-state index contributed by atoms with van der Waals surface area (Å²) in [5.41, 5.74) is 0. The molecule has 2 fully saturated rings. The minimum Gasteiger partial charge on any atom is -0.355 e. The predicted octanol–water partition coefficient (Wildman–Crippen LogP) is 1.37. The summed E-state index contributed by atoms with van der Waals surface area (Å²) in [6.45, 7) is 7.58. The van der Waals surface area contributed by atoms with Crippen LogP contribution >= 0.6 is 0 Å². The highest BCUT2D eigenvalue weighted by Gasteiger charge is 2.21. The number of likely N-dealkylation sites (N-methyl/N-ethyl adjacent to an activating group) is 1. The third kappa shape index (κ3) is 4.77. The molecule has 2 aliphatic rings. The van der Waals surface area contributed by atoms with Crippen LogP contribution in [0.1, 0.15) is 45.4 Å². The summed E-state index contributed by atoms with van der Waals surface area (Å²) in [5, 5.41) is 6.49. The van der Waals surface area contributed by atoms with Crippen LogP contribution in [0.25, 0.3) is 0 Å². The normalized spacial score (nSPS) is 28.5. The van der Waals surface area contributed by atoms with Gasteiger partial charge in [-0.1, -0.05) is 13.3 Å². The molecule has 0 spiro atoms. The van der Waals surface area contributed by atoms with Crippen molar-refractivity contribution in [1.29, 1.82) is 0 Å². The fourth-order valence-corrected chi connectivity index (χ4v) is 3.32. The highest BCUT2D eigenvalue weighted by atomic mass is 16.1. The summed E-state index contributed by atoms with van der Waals surface area (Å²) in [7, 11) is 0. The summed E-state index contributed by atoms with van der Waals surface area (Å²) in [6.07, 6.45) is 6.84. The first-order valence-corrected chi connectivity index (χ1v) is 8.01. The maximum Gasteiger partial charge on any atom is 0.220 e. The molecule has 2 saturated heterocycles. The lowest BCUT2D eigenvalue weighted by molar-refractivity contribution is -0.121. The van der Waals surface area contributed by atoms with Gasteiger partial charge in [0.15, 0.2) is 0 Å². The van der Waals surface area contributed by atoms with Gasteiger partial charge in [-0.2, -0.15) is 0 Å². The van der Waals surface area contributed by atoms with E-state index in [1.807, 2.05) is 0 Å². The van der Waals surface area contributed by atoms with E-state index in [0.29, 0.717) is 18.4 Å². The van der Waals surface area contributed by atoms with Gasteiger partial charge in [0.25, 0.3) is 0 Å². The summed E-state index contributed by atoms with van der Waals surface area (Å²) >= 11 is 0. The van der Waals surface area contributed by atoms with Gasteiger partial charge in [0.05, 0.1) is 0 Å². The van der Waals surface area contributed by atoms with E-state index < -0.39 is 0 Å². The second kappa shape index (κ2) is 7.85. The molecular weight excluding hydrogens is 238 g/mol. The van der Waals surface area contributed by atoms with Gasteiger partial charge in [-0.05, 0) is 57.8 Å². The van der Waals surface area contributed by atoms with Crippen molar-refractivity contribution in [1.82, 2.24) is 15.5 Å². The van der Waals surface area contributed by atoms with Crippen molar-refractivity contribution in [2.24, 2.45) is 5.92 Å². The molecule has 2 rings (SSSR count). The molecule has 4 nitrogen and oxygen atoms in total. The van der Waals surface area contributed by atoms with Gasteiger partial charge in [-0.3, -0.25) is 9.69 Å². The van der Waals surface area contributed by atoms with Gasteiger partial charge in [-0.25, -0.2) is 0 Å². The molecule has 0 radical (unpaired) electrons. The monoisotopic (exact) mass is 267 g/mol. The van der Waals surface area contributed by atoms with Crippen LogP contribution in [0.15, 0.2) is 0 Å². The lowest BCUT2D eigenvalue weighted by Crippen LogP contribution is -2.46. The van der Waals surface area contributed by atoms with E-state index in [1.165, 1.54) is 32.2 Å². The molecule has 2 atom stereocenters. The van der Waals surface area contributed by atoms with Gasteiger partial charge in [0, 0.05) is 19.0 Å². The van der Waals surface area contributed by atoms with E-state index in [-0.39, 0.29) is 5.91 Å². The third-order valence-electron chi connectivity index (χ3n) is 4.63. The van der Waals surface area contributed by atoms with Crippen LogP contribution in [0.5, 0.6) is 0 Å². The number of amides is 1. The highest BCUT2D eigenvalue weighted by Crippen LogP contribution is 2.16. The molecular formula is C15H29N3O. The minimum atomic E-state index is 0.244. The smallest absolute Gasteiger partial charge is 0.220 e. The first-order chi connectivity index (χ1) is 9.29. The van der Waals surface area contributed by atoms with E-state index in [9.17, 15) is 4.79 Å². The fourth-order valence-electron chi connectivity index (χ4n) is 3.32. The Hall–Kier alpha value is -0.610. The molecule has 4 heteroatoms. The molecule has 2 unspecified atom stereocenters.